The van der Waals surface area contributed by atoms with E-state index >= 15 is 0 Å². The molecule has 0 bridgehead atoms. The van der Waals surface area contributed by atoms with Gasteiger partial charge in [-0.05, 0) is 32.1 Å². The number of hydrogen-bond donors (Lipinski definition) is 1. The molecule has 2 nitrogen and oxygen atoms in total. The predicted molar refractivity (Wildman–Crippen MR) is 81.5 cm³/mol. The number of piperazine rings is 1. The lowest BCUT2D eigenvalue weighted by atomic mass is 9.78. The zero-order valence-electron chi connectivity index (χ0n) is 12.8. The molecule has 1 N–H and O–H groups in total. The van der Waals surface area contributed by atoms with Crippen LogP contribution in [-0.2, 0) is 0 Å². The molecule has 0 amide bonds. The Hall–Kier alpha value is -0.0800. The number of nitrogens with zero attached hydrogens (tertiary/aromatic N) is 1. The van der Waals surface area contributed by atoms with Gasteiger partial charge in [-0.1, -0.05) is 45.4 Å². The van der Waals surface area contributed by atoms with E-state index in [1.807, 2.05) is 0 Å². The summed E-state index contributed by atoms with van der Waals surface area (Å²) < 4.78 is 0. The Labute approximate surface area is 119 Å². The largest absolute Gasteiger partial charge is 0.308 e. The zero-order chi connectivity index (χ0) is 13.1. The van der Waals surface area contributed by atoms with Gasteiger partial charge in [0, 0.05) is 30.7 Å². The van der Waals surface area contributed by atoms with Crippen LogP contribution in [0.15, 0.2) is 0 Å². The first-order valence-electron chi connectivity index (χ1n) is 8.84. The molecule has 2 aliphatic carbocycles. The topological polar surface area (TPSA) is 15.3 Å². The fourth-order valence-corrected chi connectivity index (χ4v) is 4.81. The highest BCUT2D eigenvalue weighted by atomic mass is 15.3. The Balaban J connectivity index is 1.70. The van der Waals surface area contributed by atoms with Gasteiger partial charge in [0.15, 0.2) is 0 Å². The highest BCUT2D eigenvalue weighted by Gasteiger charge is 2.42. The summed E-state index contributed by atoms with van der Waals surface area (Å²) in [7, 11) is 0. The van der Waals surface area contributed by atoms with Gasteiger partial charge in [0.25, 0.3) is 0 Å². The molecule has 2 heteroatoms. The molecule has 1 atom stereocenters. The third kappa shape index (κ3) is 3.00. The van der Waals surface area contributed by atoms with Gasteiger partial charge in [-0.15, -0.1) is 0 Å². The van der Waals surface area contributed by atoms with Gasteiger partial charge >= 0.3 is 0 Å². The number of hydrogen-bond acceptors (Lipinski definition) is 2. The van der Waals surface area contributed by atoms with Crippen LogP contribution in [0.1, 0.15) is 77.6 Å². The molecule has 19 heavy (non-hydrogen) atoms. The minimum atomic E-state index is 0.491. The van der Waals surface area contributed by atoms with Crippen molar-refractivity contribution in [2.75, 3.05) is 13.1 Å². The van der Waals surface area contributed by atoms with E-state index in [0.29, 0.717) is 5.54 Å². The van der Waals surface area contributed by atoms with E-state index in [-0.39, 0.29) is 0 Å². The van der Waals surface area contributed by atoms with E-state index < -0.39 is 0 Å². The van der Waals surface area contributed by atoms with Crippen LogP contribution in [0.3, 0.4) is 0 Å². The molecule has 3 fully saturated rings. The van der Waals surface area contributed by atoms with Crippen molar-refractivity contribution in [2.24, 2.45) is 0 Å². The summed E-state index contributed by atoms with van der Waals surface area (Å²) in [6.45, 7) is 4.95. The minimum absolute atomic E-state index is 0.491. The smallest absolute Gasteiger partial charge is 0.0309 e. The van der Waals surface area contributed by atoms with Gasteiger partial charge in [-0.3, -0.25) is 4.90 Å². The zero-order valence-corrected chi connectivity index (χ0v) is 12.8. The lowest BCUT2D eigenvalue weighted by Gasteiger charge is -2.52. The summed E-state index contributed by atoms with van der Waals surface area (Å²) in [5, 5.41) is 3.98. The van der Waals surface area contributed by atoms with Crippen LogP contribution in [0.4, 0.5) is 0 Å². The molecule has 0 aromatic rings. The van der Waals surface area contributed by atoms with Crippen molar-refractivity contribution < 1.29 is 0 Å². The maximum Gasteiger partial charge on any atom is 0.0309 e. The maximum atomic E-state index is 3.98. The Bertz CT molecular complexity index is 277. The highest BCUT2D eigenvalue weighted by molar-refractivity contribution is 5.01. The quantitative estimate of drug-likeness (QED) is 0.836. The van der Waals surface area contributed by atoms with Gasteiger partial charge in [0.1, 0.15) is 0 Å². The summed E-state index contributed by atoms with van der Waals surface area (Å²) in [4.78, 5) is 2.94. The highest BCUT2D eigenvalue weighted by Crippen LogP contribution is 2.36. The summed E-state index contributed by atoms with van der Waals surface area (Å²) in [6, 6.07) is 1.73. The molecule has 0 radical (unpaired) electrons. The lowest BCUT2D eigenvalue weighted by molar-refractivity contribution is 0.0221. The molecule has 1 aliphatic heterocycles. The summed E-state index contributed by atoms with van der Waals surface area (Å²) in [6.07, 6.45) is 15.8. The Morgan fingerprint density at radius 2 is 1.79 bits per heavy atom. The third-order valence-electron chi connectivity index (χ3n) is 5.89. The summed E-state index contributed by atoms with van der Waals surface area (Å²) in [5.41, 5.74) is 0.491. The molecule has 1 heterocycles. The van der Waals surface area contributed by atoms with E-state index in [9.17, 15) is 0 Å². The van der Waals surface area contributed by atoms with Crippen LogP contribution in [-0.4, -0.2) is 35.6 Å². The molecule has 0 aromatic carbocycles. The normalized spacial score (nSPS) is 33.0. The van der Waals surface area contributed by atoms with E-state index in [1.165, 1.54) is 83.7 Å². The van der Waals surface area contributed by atoms with E-state index in [2.05, 4.69) is 17.1 Å². The second kappa shape index (κ2) is 6.13. The Kier molecular flexibility index (Phi) is 4.48. The second-order valence-electron chi connectivity index (χ2n) is 7.28. The molecule has 0 aromatic heterocycles. The van der Waals surface area contributed by atoms with Gasteiger partial charge in [0.05, 0.1) is 0 Å². The molecular weight excluding hydrogens is 232 g/mol. The van der Waals surface area contributed by atoms with E-state index in [4.69, 9.17) is 0 Å². The molecule has 3 aliphatic rings. The molecular formula is C17H32N2. The first-order chi connectivity index (χ1) is 9.33. The fourth-order valence-electron chi connectivity index (χ4n) is 4.81. The van der Waals surface area contributed by atoms with E-state index in [1.54, 1.807) is 0 Å². The van der Waals surface area contributed by atoms with Crippen molar-refractivity contribution in [3.63, 3.8) is 0 Å². The third-order valence-corrected chi connectivity index (χ3v) is 5.89. The van der Waals surface area contributed by atoms with E-state index in [0.717, 1.165) is 12.1 Å². The fraction of sp³-hybridized carbons (Fsp3) is 1.00. The van der Waals surface area contributed by atoms with Gasteiger partial charge in [0.2, 0.25) is 0 Å². The van der Waals surface area contributed by atoms with Crippen LogP contribution in [0.2, 0.25) is 0 Å². The van der Waals surface area contributed by atoms with Crippen LogP contribution >= 0.6 is 0 Å². The van der Waals surface area contributed by atoms with Crippen LogP contribution < -0.4 is 5.32 Å². The molecule has 1 saturated heterocycles. The molecule has 3 rings (SSSR count). The SMILES string of the molecule is CCCC1CNC2(CCCCC2)CN1C1CCCC1. The first-order valence-corrected chi connectivity index (χ1v) is 8.84. The Morgan fingerprint density at radius 3 is 2.47 bits per heavy atom. The van der Waals surface area contributed by atoms with Gasteiger partial charge in [-0.2, -0.15) is 0 Å². The van der Waals surface area contributed by atoms with Gasteiger partial charge in [-0.25, -0.2) is 0 Å². The average Bonchev–Trinajstić information content (AvgIpc) is 2.96. The predicted octanol–water partition coefficient (Wildman–Crippen LogP) is 3.71. The van der Waals surface area contributed by atoms with Crippen molar-refractivity contribution in [2.45, 2.75) is 95.2 Å². The van der Waals surface area contributed by atoms with Crippen molar-refractivity contribution in [3.8, 4) is 0 Å². The molecule has 1 unspecified atom stereocenters. The van der Waals surface area contributed by atoms with Crippen molar-refractivity contribution in [1.29, 1.82) is 0 Å². The van der Waals surface area contributed by atoms with Crippen molar-refractivity contribution in [1.82, 2.24) is 10.2 Å². The minimum Gasteiger partial charge on any atom is -0.308 e. The molecule has 110 valence electrons. The molecule has 1 spiro atoms. The van der Waals surface area contributed by atoms with Crippen LogP contribution in [0, 0.1) is 0 Å². The first kappa shape index (κ1) is 13.9. The van der Waals surface area contributed by atoms with Crippen LogP contribution in [0.25, 0.3) is 0 Å². The monoisotopic (exact) mass is 264 g/mol. The van der Waals surface area contributed by atoms with Crippen molar-refractivity contribution >= 4 is 0 Å². The second-order valence-corrected chi connectivity index (χ2v) is 7.28. The standard InChI is InChI=1S/C17H32N2/c1-2-8-16-13-18-17(11-6-3-7-12-17)14-19(16)15-9-4-5-10-15/h15-16,18H,2-14H2,1H3. The summed E-state index contributed by atoms with van der Waals surface area (Å²) in [5.74, 6) is 0. The maximum absolute atomic E-state index is 3.98. The number of nitrogens with one attached hydrogen (secondary N) is 1. The average molecular weight is 264 g/mol. The van der Waals surface area contributed by atoms with Crippen molar-refractivity contribution in [3.05, 3.63) is 0 Å². The van der Waals surface area contributed by atoms with Gasteiger partial charge < -0.3 is 5.32 Å². The number of rotatable bonds is 3. The van der Waals surface area contributed by atoms with Crippen LogP contribution in [0.5, 0.6) is 0 Å². The lowest BCUT2D eigenvalue weighted by Crippen LogP contribution is -2.66. The molecule has 2 saturated carbocycles. The summed E-state index contributed by atoms with van der Waals surface area (Å²) >= 11 is 0. The Morgan fingerprint density at radius 1 is 1.05 bits per heavy atom.